The maximum atomic E-state index is 12.5. The molecule has 4 rings (SSSR count). The number of aromatic nitrogens is 3. The van der Waals surface area contributed by atoms with Gasteiger partial charge in [-0.25, -0.2) is 4.68 Å². The molecule has 0 spiro atoms. The molecule has 0 unspecified atom stereocenters. The fourth-order valence-corrected chi connectivity index (χ4v) is 3.80. The summed E-state index contributed by atoms with van der Waals surface area (Å²) < 4.78 is 3.04. The predicted molar refractivity (Wildman–Crippen MR) is 94.7 cm³/mol. The number of nitrogens with zero attached hydrogens (tertiary/aromatic N) is 4. The van der Waals surface area contributed by atoms with Crippen LogP contribution < -0.4 is 0 Å². The minimum absolute atomic E-state index is 0.232. The van der Waals surface area contributed by atoms with Gasteiger partial charge >= 0.3 is 0 Å². The van der Waals surface area contributed by atoms with E-state index in [2.05, 4.69) is 38.5 Å². The lowest BCUT2D eigenvalue weighted by Crippen LogP contribution is -2.29. The number of hydrogen-bond acceptors (Lipinski definition) is 3. The fourth-order valence-electron chi connectivity index (χ4n) is 3.32. The van der Waals surface area contributed by atoms with Crippen LogP contribution in [0.5, 0.6) is 0 Å². The van der Waals surface area contributed by atoms with E-state index in [1.54, 1.807) is 0 Å². The molecule has 2 heterocycles. The Morgan fingerprint density at radius 2 is 2.08 bits per heavy atom. The first-order chi connectivity index (χ1) is 11.7. The van der Waals surface area contributed by atoms with E-state index in [1.807, 2.05) is 27.8 Å². The number of carbonyl (C=O) groups is 1. The van der Waals surface area contributed by atoms with Gasteiger partial charge in [-0.3, -0.25) is 4.79 Å². The summed E-state index contributed by atoms with van der Waals surface area (Å²) in [6.07, 6.45) is 6.86. The quantitative estimate of drug-likeness (QED) is 0.789. The molecule has 2 fully saturated rings. The molecule has 1 saturated carbocycles. The average Bonchev–Trinajstić information content (AvgIpc) is 3.12. The lowest BCUT2D eigenvalue weighted by molar-refractivity contribution is -0.130. The van der Waals surface area contributed by atoms with Gasteiger partial charge in [0, 0.05) is 36.1 Å². The van der Waals surface area contributed by atoms with Gasteiger partial charge in [0.15, 0.2) is 0 Å². The molecule has 2 aromatic rings. The van der Waals surface area contributed by atoms with Crippen molar-refractivity contribution >= 4 is 21.8 Å². The Kier molecular flexibility index (Phi) is 4.39. The number of likely N-dealkylation sites (tertiary alicyclic amines) is 1. The average molecular weight is 389 g/mol. The lowest BCUT2D eigenvalue weighted by Gasteiger charge is -2.16. The highest BCUT2D eigenvalue weighted by atomic mass is 79.9. The molecule has 1 aromatic carbocycles. The van der Waals surface area contributed by atoms with E-state index in [1.165, 1.54) is 18.4 Å². The molecule has 1 amide bonds. The summed E-state index contributed by atoms with van der Waals surface area (Å²) in [5, 5.41) is 8.56. The van der Waals surface area contributed by atoms with Crippen LogP contribution in [0.25, 0.3) is 0 Å². The summed E-state index contributed by atoms with van der Waals surface area (Å²) in [5.41, 5.74) is 2.31. The highest BCUT2D eigenvalue weighted by Crippen LogP contribution is 2.39. The maximum absolute atomic E-state index is 12.5. The van der Waals surface area contributed by atoms with Crippen LogP contribution >= 0.6 is 15.9 Å². The Balaban J connectivity index is 1.32. The molecule has 1 aliphatic heterocycles. The second kappa shape index (κ2) is 6.67. The van der Waals surface area contributed by atoms with Crippen molar-refractivity contribution in [3.63, 3.8) is 0 Å². The molecule has 5 nitrogen and oxygen atoms in total. The third-order valence-electron chi connectivity index (χ3n) is 4.98. The summed E-state index contributed by atoms with van der Waals surface area (Å²) in [5.74, 6) is 0.859. The summed E-state index contributed by atoms with van der Waals surface area (Å²) in [6.45, 7) is 1.57. The predicted octanol–water partition coefficient (Wildman–Crippen LogP) is 3.32. The van der Waals surface area contributed by atoms with Crippen molar-refractivity contribution in [2.45, 2.75) is 44.1 Å². The van der Waals surface area contributed by atoms with Crippen molar-refractivity contribution in [2.24, 2.45) is 0 Å². The number of halogens is 1. The van der Waals surface area contributed by atoms with Gasteiger partial charge in [0.2, 0.25) is 5.91 Å². The Hall–Kier alpha value is -1.69. The lowest BCUT2D eigenvalue weighted by atomic mass is 10.1. The molecule has 0 bridgehead atoms. The second-order valence-electron chi connectivity index (χ2n) is 6.77. The van der Waals surface area contributed by atoms with Crippen molar-refractivity contribution in [1.29, 1.82) is 0 Å². The van der Waals surface area contributed by atoms with Gasteiger partial charge in [-0.1, -0.05) is 39.3 Å². The van der Waals surface area contributed by atoms with Crippen molar-refractivity contribution in [3.05, 3.63) is 46.2 Å². The van der Waals surface area contributed by atoms with Gasteiger partial charge in [-0.05, 0) is 37.3 Å². The fraction of sp³-hybridized carbons (Fsp3) is 0.500. The van der Waals surface area contributed by atoms with E-state index in [4.69, 9.17) is 0 Å². The van der Waals surface area contributed by atoms with E-state index in [0.29, 0.717) is 12.3 Å². The Morgan fingerprint density at radius 1 is 1.25 bits per heavy atom. The van der Waals surface area contributed by atoms with Gasteiger partial charge in [-0.15, -0.1) is 5.10 Å². The molecule has 1 aliphatic carbocycles. The Labute approximate surface area is 150 Å². The van der Waals surface area contributed by atoms with Crippen LogP contribution in [-0.4, -0.2) is 38.9 Å². The molecule has 1 saturated heterocycles. The number of hydrogen-bond donors (Lipinski definition) is 0. The summed E-state index contributed by atoms with van der Waals surface area (Å²) in [6, 6.07) is 8.37. The third-order valence-corrected chi connectivity index (χ3v) is 5.75. The smallest absolute Gasteiger partial charge is 0.222 e. The zero-order chi connectivity index (χ0) is 16.5. The number of rotatable bonds is 5. The number of aryl methyl sites for hydroxylation is 1. The van der Waals surface area contributed by atoms with E-state index >= 15 is 0 Å². The second-order valence-corrected chi connectivity index (χ2v) is 7.63. The van der Waals surface area contributed by atoms with Crippen LogP contribution in [0.15, 0.2) is 34.9 Å². The number of amides is 1. The summed E-state index contributed by atoms with van der Waals surface area (Å²) in [4.78, 5) is 14.5. The molecular formula is C18H21BrN4O. The first-order valence-corrected chi connectivity index (χ1v) is 9.43. The van der Waals surface area contributed by atoms with Crippen molar-refractivity contribution < 1.29 is 4.79 Å². The van der Waals surface area contributed by atoms with Gasteiger partial charge in [0.1, 0.15) is 0 Å². The topological polar surface area (TPSA) is 51.0 Å². The molecule has 0 radical (unpaired) electrons. The highest BCUT2D eigenvalue weighted by molar-refractivity contribution is 9.10. The highest BCUT2D eigenvalue weighted by Gasteiger charge is 2.31. The zero-order valence-corrected chi connectivity index (χ0v) is 15.2. The molecule has 24 heavy (non-hydrogen) atoms. The first-order valence-electron chi connectivity index (χ1n) is 8.63. The standard InChI is InChI=1S/C18H21BrN4O/c19-16-4-2-1-3-13(16)7-8-18(24)22-10-9-15(11-22)23-12-17(20-21-23)14-5-6-14/h1-4,12,14-15H,5-11H2/t15-/m0/s1. The van der Waals surface area contributed by atoms with Crippen LogP contribution in [0.4, 0.5) is 0 Å². The van der Waals surface area contributed by atoms with Crippen LogP contribution in [0.3, 0.4) is 0 Å². The van der Waals surface area contributed by atoms with Gasteiger partial charge in [0.05, 0.1) is 11.7 Å². The van der Waals surface area contributed by atoms with Crippen molar-refractivity contribution in [1.82, 2.24) is 19.9 Å². The summed E-state index contributed by atoms with van der Waals surface area (Å²) >= 11 is 3.55. The van der Waals surface area contributed by atoms with Crippen molar-refractivity contribution in [3.8, 4) is 0 Å². The number of benzene rings is 1. The SMILES string of the molecule is O=C(CCc1ccccc1Br)N1CC[C@H](n2cc(C3CC3)nn2)C1. The third kappa shape index (κ3) is 3.38. The molecule has 1 atom stereocenters. The largest absolute Gasteiger partial charge is 0.340 e. The van der Waals surface area contributed by atoms with Gasteiger partial charge < -0.3 is 4.90 Å². The van der Waals surface area contributed by atoms with E-state index in [0.717, 1.165) is 36.1 Å². The normalized spacial score (nSPS) is 20.5. The first kappa shape index (κ1) is 15.8. The van der Waals surface area contributed by atoms with E-state index < -0.39 is 0 Å². The molecule has 2 aliphatic rings. The molecule has 6 heteroatoms. The molecule has 126 valence electrons. The van der Waals surface area contributed by atoms with E-state index in [-0.39, 0.29) is 11.9 Å². The molecular weight excluding hydrogens is 368 g/mol. The van der Waals surface area contributed by atoms with Crippen LogP contribution in [-0.2, 0) is 11.2 Å². The van der Waals surface area contributed by atoms with Gasteiger partial charge in [-0.2, -0.15) is 0 Å². The Morgan fingerprint density at radius 3 is 2.88 bits per heavy atom. The minimum Gasteiger partial charge on any atom is -0.340 e. The Bertz CT molecular complexity index is 740. The van der Waals surface area contributed by atoms with E-state index in [9.17, 15) is 4.79 Å². The molecule has 0 N–H and O–H groups in total. The van der Waals surface area contributed by atoms with Crippen LogP contribution in [0.1, 0.15) is 48.9 Å². The molecule has 1 aromatic heterocycles. The monoisotopic (exact) mass is 388 g/mol. The van der Waals surface area contributed by atoms with Crippen LogP contribution in [0, 0.1) is 0 Å². The number of carbonyl (C=O) groups excluding carboxylic acids is 1. The zero-order valence-electron chi connectivity index (χ0n) is 13.6. The van der Waals surface area contributed by atoms with Crippen molar-refractivity contribution in [2.75, 3.05) is 13.1 Å². The maximum Gasteiger partial charge on any atom is 0.222 e. The van der Waals surface area contributed by atoms with Crippen LogP contribution in [0.2, 0.25) is 0 Å². The van der Waals surface area contributed by atoms with Gasteiger partial charge in [0.25, 0.3) is 0 Å². The minimum atomic E-state index is 0.232. The summed E-state index contributed by atoms with van der Waals surface area (Å²) in [7, 11) is 0.